The number of carboxylic acid groups (broad SMARTS) is 1. The highest BCUT2D eigenvalue weighted by molar-refractivity contribution is 5.77. The molecule has 0 aromatic carbocycles. The van der Waals surface area contributed by atoms with Crippen LogP contribution in [0.3, 0.4) is 0 Å². The Morgan fingerprint density at radius 1 is 1.30 bits per heavy atom. The molecule has 0 aromatic heterocycles. The van der Waals surface area contributed by atoms with Crippen LogP contribution >= 0.6 is 0 Å². The minimum Gasteiger partial charge on any atom is -0.481 e. The molecule has 3 atom stereocenters. The Hall–Kier alpha value is -1.10. The molecule has 2 heterocycles. The van der Waals surface area contributed by atoms with Crippen molar-refractivity contribution in [3.63, 3.8) is 0 Å². The number of piperidine rings is 1. The SMILES string of the molecule is COC(C)CCC(=O)N1C2CCC1CC(CC(=O)O)C2. The van der Waals surface area contributed by atoms with Crippen LogP contribution in [0.4, 0.5) is 0 Å². The molecule has 5 heteroatoms. The number of methoxy groups -OCH3 is 1. The first-order chi connectivity index (χ1) is 9.51. The molecule has 2 bridgehead atoms. The first kappa shape index (κ1) is 15.3. The van der Waals surface area contributed by atoms with Crippen molar-refractivity contribution in [2.75, 3.05) is 7.11 Å². The van der Waals surface area contributed by atoms with Gasteiger partial charge in [0.2, 0.25) is 5.91 Å². The molecule has 5 nitrogen and oxygen atoms in total. The van der Waals surface area contributed by atoms with E-state index in [0.717, 1.165) is 32.1 Å². The van der Waals surface area contributed by atoms with E-state index in [1.807, 2.05) is 11.8 Å². The molecule has 0 spiro atoms. The second-order valence-corrected chi connectivity index (χ2v) is 6.21. The lowest BCUT2D eigenvalue weighted by molar-refractivity contribution is -0.140. The maximum absolute atomic E-state index is 12.4. The lowest BCUT2D eigenvalue weighted by atomic mass is 9.88. The number of amides is 1. The van der Waals surface area contributed by atoms with Crippen LogP contribution in [0.5, 0.6) is 0 Å². The summed E-state index contributed by atoms with van der Waals surface area (Å²) in [5.74, 6) is -0.259. The third kappa shape index (κ3) is 3.51. The number of hydrogen-bond acceptors (Lipinski definition) is 3. The standard InChI is InChI=1S/C15H25NO4/c1-10(20-2)3-6-14(17)16-12-4-5-13(16)8-11(7-12)9-15(18)19/h10-13H,3-9H2,1-2H3,(H,18,19). The molecule has 0 radical (unpaired) electrons. The molecule has 2 aliphatic heterocycles. The normalized spacial score (nSPS) is 30.3. The van der Waals surface area contributed by atoms with Crippen molar-refractivity contribution in [1.82, 2.24) is 4.90 Å². The summed E-state index contributed by atoms with van der Waals surface area (Å²) in [5, 5.41) is 8.91. The fraction of sp³-hybridized carbons (Fsp3) is 0.867. The highest BCUT2D eigenvalue weighted by Crippen LogP contribution is 2.40. The van der Waals surface area contributed by atoms with Crippen molar-refractivity contribution in [1.29, 1.82) is 0 Å². The largest absolute Gasteiger partial charge is 0.481 e. The van der Waals surface area contributed by atoms with Gasteiger partial charge in [0.05, 0.1) is 6.10 Å². The van der Waals surface area contributed by atoms with Gasteiger partial charge in [0, 0.05) is 32.0 Å². The van der Waals surface area contributed by atoms with E-state index in [1.165, 1.54) is 0 Å². The van der Waals surface area contributed by atoms with Gasteiger partial charge in [-0.05, 0) is 44.9 Å². The summed E-state index contributed by atoms with van der Waals surface area (Å²) < 4.78 is 5.18. The van der Waals surface area contributed by atoms with Crippen LogP contribution in [0.2, 0.25) is 0 Å². The maximum Gasteiger partial charge on any atom is 0.303 e. The van der Waals surface area contributed by atoms with Gasteiger partial charge in [-0.3, -0.25) is 9.59 Å². The Morgan fingerprint density at radius 3 is 2.40 bits per heavy atom. The van der Waals surface area contributed by atoms with E-state index in [-0.39, 0.29) is 36.4 Å². The Labute approximate surface area is 120 Å². The molecular formula is C15H25NO4. The summed E-state index contributed by atoms with van der Waals surface area (Å²) in [6, 6.07) is 0.534. The van der Waals surface area contributed by atoms with Gasteiger partial charge in [-0.15, -0.1) is 0 Å². The number of rotatable bonds is 6. The van der Waals surface area contributed by atoms with Gasteiger partial charge in [0.1, 0.15) is 0 Å². The van der Waals surface area contributed by atoms with Gasteiger partial charge in [-0.25, -0.2) is 0 Å². The Morgan fingerprint density at radius 2 is 1.90 bits per heavy atom. The molecule has 0 aromatic rings. The fourth-order valence-corrected chi connectivity index (χ4v) is 3.68. The van der Waals surface area contributed by atoms with Crippen LogP contribution in [-0.4, -0.2) is 47.2 Å². The quantitative estimate of drug-likeness (QED) is 0.810. The summed E-state index contributed by atoms with van der Waals surface area (Å²) in [7, 11) is 1.66. The third-order valence-corrected chi connectivity index (χ3v) is 4.75. The Bertz CT molecular complexity index is 357. The second-order valence-electron chi connectivity index (χ2n) is 6.21. The van der Waals surface area contributed by atoms with Crippen LogP contribution in [0, 0.1) is 5.92 Å². The van der Waals surface area contributed by atoms with Gasteiger partial charge >= 0.3 is 5.97 Å². The van der Waals surface area contributed by atoms with Crippen molar-refractivity contribution in [2.45, 2.75) is 70.1 Å². The first-order valence-electron chi connectivity index (χ1n) is 7.57. The number of aliphatic carboxylic acids is 1. The average molecular weight is 283 g/mol. The minimum absolute atomic E-state index is 0.112. The van der Waals surface area contributed by atoms with Crippen LogP contribution in [0.25, 0.3) is 0 Å². The number of fused-ring (bicyclic) bond motifs is 2. The predicted octanol–water partition coefficient (Wildman–Crippen LogP) is 2.05. The molecule has 20 heavy (non-hydrogen) atoms. The number of carboxylic acids is 1. The predicted molar refractivity (Wildman–Crippen MR) is 74.3 cm³/mol. The van der Waals surface area contributed by atoms with E-state index in [4.69, 9.17) is 9.84 Å². The van der Waals surface area contributed by atoms with Gasteiger partial charge in [-0.2, -0.15) is 0 Å². The first-order valence-corrected chi connectivity index (χ1v) is 7.57. The molecule has 2 aliphatic rings. The summed E-state index contributed by atoms with van der Waals surface area (Å²) in [4.78, 5) is 25.2. The van der Waals surface area contributed by atoms with Gasteiger partial charge < -0.3 is 14.7 Å². The molecule has 3 unspecified atom stereocenters. The third-order valence-electron chi connectivity index (χ3n) is 4.75. The van der Waals surface area contributed by atoms with Crippen molar-refractivity contribution in [3.05, 3.63) is 0 Å². The van der Waals surface area contributed by atoms with Crippen LogP contribution < -0.4 is 0 Å². The minimum atomic E-state index is -0.719. The van der Waals surface area contributed by atoms with Crippen molar-refractivity contribution < 1.29 is 19.4 Å². The second kappa shape index (κ2) is 6.57. The highest BCUT2D eigenvalue weighted by Gasteiger charge is 2.43. The Balaban J connectivity index is 1.88. The summed E-state index contributed by atoms with van der Waals surface area (Å²) in [5.41, 5.74) is 0. The van der Waals surface area contributed by atoms with Gasteiger partial charge in [0.25, 0.3) is 0 Å². The van der Waals surface area contributed by atoms with Crippen LogP contribution in [0.15, 0.2) is 0 Å². The van der Waals surface area contributed by atoms with Crippen molar-refractivity contribution in [2.24, 2.45) is 5.92 Å². The van der Waals surface area contributed by atoms with E-state index >= 15 is 0 Å². The highest BCUT2D eigenvalue weighted by atomic mass is 16.5. The number of nitrogens with zero attached hydrogens (tertiary/aromatic N) is 1. The summed E-state index contributed by atoms with van der Waals surface area (Å²) in [6.45, 7) is 1.97. The molecule has 1 amide bonds. The molecule has 2 saturated heterocycles. The molecule has 0 saturated carbocycles. The number of ether oxygens (including phenoxy) is 1. The van der Waals surface area contributed by atoms with E-state index in [1.54, 1.807) is 7.11 Å². The van der Waals surface area contributed by atoms with Gasteiger partial charge in [-0.1, -0.05) is 0 Å². The molecule has 1 N–H and O–H groups in total. The average Bonchev–Trinajstić information content (AvgIpc) is 2.66. The van der Waals surface area contributed by atoms with E-state index in [0.29, 0.717) is 6.42 Å². The topological polar surface area (TPSA) is 66.8 Å². The van der Waals surface area contributed by atoms with E-state index < -0.39 is 5.97 Å². The number of hydrogen-bond donors (Lipinski definition) is 1. The Kier molecular flexibility index (Phi) is 5.02. The molecule has 2 rings (SSSR count). The maximum atomic E-state index is 12.4. The number of carbonyl (C=O) groups is 2. The van der Waals surface area contributed by atoms with Gasteiger partial charge in [0.15, 0.2) is 0 Å². The lowest BCUT2D eigenvalue weighted by Crippen LogP contribution is -2.47. The molecule has 114 valence electrons. The lowest BCUT2D eigenvalue weighted by Gasteiger charge is -2.39. The smallest absolute Gasteiger partial charge is 0.303 e. The van der Waals surface area contributed by atoms with E-state index in [2.05, 4.69) is 0 Å². The molecular weight excluding hydrogens is 258 g/mol. The van der Waals surface area contributed by atoms with Crippen LogP contribution in [-0.2, 0) is 14.3 Å². The monoisotopic (exact) mass is 283 g/mol. The zero-order valence-electron chi connectivity index (χ0n) is 12.4. The van der Waals surface area contributed by atoms with Crippen molar-refractivity contribution in [3.8, 4) is 0 Å². The zero-order valence-corrected chi connectivity index (χ0v) is 12.4. The zero-order chi connectivity index (χ0) is 14.7. The fourth-order valence-electron chi connectivity index (χ4n) is 3.68. The summed E-state index contributed by atoms with van der Waals surface area (Å²) >= 11 is 0. The molecule has 0 aliphatic carbocycles. The summed E-state index contributed by atoms with van der Waals surface area (Å²) in [6.07, 6.45) is 5.42. The van der Waals surface area contributed by atoms with E-state index in [9.17, 15) is 9.59 Å². The number of carbonyl (C=O) groups excluding carboxylic acids is 1. The van der Waals surface area contributed by atoms with Crippen molar-refractivity contribution >= 4 is 11.9 Å². The van der Waals surface area contributed by atoms with Crippen LogP contribution in [0.1, 0.15) is 51.9 Å². The molecule has 2 fully saturated rings.